The molecule has 1 saturated carbocycles. The van der Waals surface area contributed by atoms with Crippen molar-refractivity contribution < 1.29 is 0 Å². The number of hydrogen-bond acceptors (Lipinski definition) is 2. The molecule has 4 heteroatoms. The van der Waals surface area contributed by atoms with Gasteiger partial charge in [-0.15, -0.1) is 0 Å². The van der Waals surface area contributed by atoms with E-state index in [-0.39, 0.29) is 5.54 Å². The average Bonchev–Trinajstić information content (AvgIpc) is 3.22. The van der Waals surface area contributed by atoms with Gasteiger partial charge in [-0.25, -0.2) is 0 Å². The lowest BCUT2D eigenvalue weighted by atomic mass is 9.88. The zero-order chi connectivity index (χ0) is 15.5. The predicted octanol–water partition coefficient (Wildman–Crippen LogP) is 2.32. The SMILES string of the molecule is CN=C(NCC1CC1)NCC(C)(C)N1CC(C)CC(C)C1. The van der Waals surface area contributed by atoms with E-state index in [9.17, 15) is 0 Å². The Balaban J connectivity index is 1.81. The molecule has 0 spiro atoms. The molecule has 2 unspecified atom stereocenters. The van der Waals surface area contributed by atoms with Crippen molar-refractivity contribution >= 4 is 5.96 Å². The molecule has 2 rings (SSSR count). The van der Waals surface area contributed by atoms with Crippen LogP contribution in [0, 0.1) is 17.8 Å². The minimum atomic E-state index is 0.167. The fourth-order valence-electron chi connectivity index (χ4n) is 3.35. The zero-order valence-electron chi connectivity index (χ0n) is 14.6. The molecule has 0 radical (unpaired) electrons. The van der Waals surface area contributed by atoms with Gasteiger partial charge in [-0.1, -0.05) is 13.8 Å². The summed E-state index contributed by atoms with van der Waals surface area (Å²) in [6, 6.07) is 0. The first kappa shape index (κ1) is 16.6. The Bertz CT molecular complexity index is 350. The molecule has 2 fully saturated rings. The van der Waals surface area contributed by atoms with Crippen LogP contribution in [0.1, 0.15) is 47.0 Å². The van der Waals surface area contributed by atoms with Gasteiger partial charge in [0.2, 0.25) is 0 Å². The summed E-state index contributed by atoms with van der Waals surface area (Å²) in [6.45, 7) is 13.9. The highest BCUT2D eigenvalue weighted by Gasteiger charge is 2.32. The van der Waals surface area contributed by atoms with E-state index in [1.165, 1.54) is 32.4 Å². The van der Waals surface area contributed by atoms with Gasteiger partial charge in [-0.05, 0) is 50.9 Å². The summed E-state index contributed by atoms with van der Waals surface area (Å²) < 4.78 is 0. The number of likely N-dealkylation sites (tertiary alicyclic amines) is 1. The zero-order valence-corrected chi connectivity index (χ0v) is 14.6. The van der Waals surface area contributed by atoms with Crippen LogP contribution in [0.15, 0.2) is 4.99 Å². The third-order valence-electron chi connectivity index (χ3n) is 4.89. The van der Waals surface area contributed by atoms with Crippen molar-refractivity contribution in [1.82, 2.24) is 15.5 Å². The van der Waals surface area contributed by atoms with Gasteiger partial charge in [-0.2, -0.15) is 0 Å². The molecular weight excluding hydrogens is 260 g/mol. The Morgan fingerprint density at radius 2 is 1.76 bits per heavy atom. The molecular formula is C17H34N4. The highest BCUT2D eigenvalue weighted by Crippen LogP contribution is 2.28. The third kappa shape index (κ3) is 5.17. The van der Waals surface area contributed by atoms with E-state index in [0.717, 1.165) is 36.8 Å². The Morgan fingerprint density at radius 3 is 2.29 bits per heavy atom. The topological polar surface area (TPSA) is 39.7 Å². The Morgan fingerprint density at radius 1 is 1.14 bits per heavy atom. The van der Waals surface area contributed by atoms with Gasteiger partial charge in [0.1, 0.15) is 0 Å². The molecule has 1 saturated heterocycles. The lowest BCUT2D eigenvalue weighted by Crippen LogP contribution is -2.57. The number of aliphatic imine (C=N–C) groups is 1. The van der Waals surface area contributed by atoms with E-state index < -0.39 is 0 Å². The molecule has 1 heterocycles. The Labute approximate surface area is 130 Å². The van der Waals surface area contributed by atoms with Crippen LogP contribution in [0.2, 0.25) is 0 Å². The maximum absolute atomic E-state index is 4.34. The summed E-state index contributed by atoms with van der Waals surface area (Å²) in [6.07, 6.45) is 4.11. The number of rotatable bonds is 5. The normalized spacial score (nSPS) is 28.5. The van der Waals surface area contributed by atoms with Crippen LogP contribution < -0.4 is 10.6 Å². The van der Waals surface area contributed by atoms with E-state index in [4.69, 9.17) is 0 Å². The molecule has 2 N–H and O–H groups in total. The average molecular weight is 294 g/mol. The fraction of sp³-hybridized carbons (Fsp3) is 0.941. The van der Waals surface area contributed by atoms with E-state index in [0.29, 0.717) is 0 Å². The first-order valence-corrected chi connectivity index (χ1v) is 8.60. The van der Waals surface area contributed by atoms with Crippen molar-refractivity contribution in [2.24, 2.45) is 22.7 Å². The van der Waals surface area contributed by atoms with Gasteiger partial charge in [0, 0.05) is 38.8 Å². The fourth-order valence-corrected chi connectivity index (χ4v) is 3.35. The van der Waals surface area contributed by atoms with Crippen molar-refractivity contribution in [1.29, 1.82) is 0 Å². The van der Waals surface area contributed by atoms with Crippen LogP contribution in [0.4, 0.5) is 0 Å². The number of guanidine groups is 1. The molecule has 0 bridgehead atoms. The standard InChI is InChI=1S/C17H34N4/c1-13-8-14(2)11-21(10-13)17(3,4)12-20-16(18-5)19-9-15-6-7-15/h13-15H,6-12H2,1-5H3,(H2,18,19,20). The minimum Gasteiger partial charge on any atom is -0.356 e. The van der Waals surface area contributed by atoms with Crippen molar-refractivity contribution in [2.45, 2.75) is 52.5 Å². The maximum atomic E-state index is 4.34. The summed E-state index contributed by atoms with van der Waals surface area (Å²) in [5, 5.41) is 6.96. The molecule has 2 atom stereocenters. The number of nitrogens with one attached hydrogen (secondary N) is 2. The van der Waals surface area contributed by atoms with Crippen LogP contribution in [-0.4, -0.2) is 49.6 Å². The van der Waals surface area contributed by atoms with Crippen molar-refractivity contribution in [3.05, 3.63) is 0 Å². The van der Waals surface area contributed by atoms with E-state index in [2.05, 4.69) is 48.2 Å². The van der Waals surface area contributed by atoms with Crippen LogP contribution in [0.25, 0.3) is 0 Å². The smallest absolute Gasteiger partial charge is 0.191 e. The van der Waals surface area contributed by atoms with Crippen LogP contribution in [0.5, 0.6) is 0 Å². The van der Waals surface area contributed by atoms with Gasteiger partial charge in [0.05, 0.1) is 0 Å². The van der Waals surface area contributed by atoms with Gasteiger partial charge < -0.3 is 10.6 Å². The summed E-state index contributed by atoms with van der Waals surface area (Å²) in [5.41, 5.74) is 0.167. The van der Waals surface area contributed by atoms with E-state index in [1.807, 2.05) is 7.05 Å². The first-order valence-electron chi connectivity index (χ1n) is 8.60. The van der Waals surface area contributed by atoms with Crippen molar-refractivity contribution in [3.63, 3.8) is 0 Å². The summed E-state index contributed by atoms with van der Waals surface area (Å²) >= 11 is 0. The van der Waals surface area contributed by atoms with Crippen LogP contribution in [-0.2, 0) is 0 Å². The van der Waals surface area contributed by atoms with Gasteiger partial charge in [-0.3, -0.25) is 9.89 Å². The lowest BCUT2D eigenvalue weighted by Gasteiger charge is -2.45. The second kappa shape index (κ2) is 6.99. The largest absolute Gasteiger partial charge is 0.356 e. The number of piperidine rings is 1. The summed E-state index contributed by atoms with van der Waals surface area (Å²) in [5.74, 6) is 3.44. The first-order chi connectivity index (χ1) is 9.90. The Hall–Kier alpha value is -0.770. The quantitative estimate of drug-likeness (QED) is 0.604. The summed E-state index contributed by atoms with van der Waals surface area (Å²) in [4.78, 5) is 6.99. The van der Waals surface area contributed by atoms with Crippen molar-refractivity contribution in [3.8, 4) is 0 Å². The molecule has 1 aliphatic heterocycles. The van der Waals surface area contributed by atoms with Crippen LogP contribution in [0.3, 0.4) is 0 Å². The summed E-state index contributed by atoms with van der Waals surface area (Å²) in [7, 11) is 1.86. The van der Waals surface area contributed by atoms with Gasteiger partial charge >= 0.3 is 0 Å². The highest BCUT2D eigenvalue weighted by molar-refractivity contribution is 5.79. The molecule has 0 aromatic heterocycles. The molecule has 0 aromatic rings. The predicted molar refractivity (Wildman–Crippen MR) is 90.7 cm³/mol. The minimum absolute atomic E-state index is 0.167. The van der Waals surface area contributed by atoms with Crippen molar-refractivity contribution in [2.75, 3.05) is 33.2 Å². The number of hydrogen-bond donors (Lipinski definition) is 2. The monoisotopic (exact) mass is 294 g/mol. The maximum Gasteiger partial charge on any atom is 0.191 e. The molecule has 0 amide bonds. The third-order valence-corrected chi connectivity index (χ3v) is 4.89. The van der Waals surface area contributed by atoms with E-state index >= 15 is 0 Å². The molecule has 4 nitrogen and oxygen atoms in total. The molecule has 2 aliphatic rings. The molecule has 0 aromatic carbocycles. The Kier molecular flexibility index (Phi) is 5.53. The lowest BCUT2D eigenvalue weighted by molar-refractivity contribution is 0.0483. The van der Waals surface area contributed by atoms with Gasteiger partial charge in [0.25, 0.3) is 0 Å². The number of nitrogens with zero attached hydrogens (tertiary/aromatic N) is 2. The van der Waals surface area contributed by atoms with Crippen LogP contribution >= 0.6 is 0 Å². The second-order valence-corrected chi connectivity index (χ2v) is 7.91. The molecule has 21 heavy (non-hydrogen) atoms. The van der Waals surface area contributed by atoms with Gasteiger partial charge in [0.15, 0.2) is 5.96 Å². The van der Waals surface area contributed by atoms with E-state index in [1.54, 1.807) is 0 Å². The molecule has 1 aliphatic carbocycles. The second-order valence-electron chi connectivity index (χ2n) is 7.91. The highest BCUT2D eigenvalue weighted by atomic mass is 15.2. The molecule has 122 valence electrons.